The van der Waals surface area contributed by atoms with Crippen LogP contribution in [0.4, 0.5) is 5.69 Å². The summed E-state index contributed by atoms with van der Waals surface area (Å²) in [5, 5.41) is 11.0. The summed E-state index contributed by atoms with van der Waals surface area (Å²) in [5.74, 6) is -0.185. The second-order valence-corrected chi connectivity index (χ2v) is 4.39. The number of nitrogens with zero attached hydrogens (tertiary/aromatic N) is 1. The first-order chi connectivity index (χ1) is 7.45. The molecule has 0 aromatic heterocycles. The molecule has 4 nitrogen and oxygen atoms in total. The van der Waals surface area contributed by atoms with Crippen LogP contribution in [0.2, 0.25) is 0 Å². The van der Waals surface area contributed by atoms with Crippen molar-refractivity contribution < 1.29 is 9.72 Å². The molecule has 0 radical (unpaired) electrons. The lowest BCUT2D eigenvalue weighted by Gasteiger charge is -2.07. The van der Waals surface area contributed by atoms with Crippen LogP contribution in [-0.2, 0) is 0 Å². The lowest BCUT2D eigenvalue weighted by Crippen LogP contribution is -2.08. The number of hydrogen-bond acceptors (Lipinski definition) is 3. The molecule has 0 N–H and O–H groups in total. The number of ketones is 1. The van der Waals surface area contributed by atoms with E-state index in [0.717, 1.165) is 5.56 Å². The van der Waals surface area contributed by atoms with Crippen LogP contribution < -0.4 is 0 Å². The van der Waals surface area contributed by atoms with E-state index in [9.17, 15) is 14.9 Å². The van der Waals surface area contributed by atoms with E-state index < -0.39 is 4.92 Å². The maximum absolute atomic E-state index is 12.0. The van der Waals surface area contributed by atoms with E-state index in [1.807, 2.05) is 19.9 Å². The van der Waals surface area contributed by atoms with Crippen molar-refractivity contribution in [1.29, 1.82) is 0 Å². The van der Waals surface area contributed by atoms with Crippen molar-refractivity contribution in [2.24, 2.45) is 5.92 Å². The zero-order valence-electron chi connectivity index (χ0n) is 9.48. The molecule has 0 amide bonds. The first-order valence-corrected chi connectivity index (χ1v) is 5.27. The highest BCUT2D eigenvalue weighted by atomic mass is 16.6. The number of rotatable bonds is 1. The number of fused-ring (bicyclic) bond motifs is 1. The number of carbonyl (C=O) groups excluding carboxylic acids is 1. The number of carbonyl (C=O) groups is 1. The van der Waals surface area contributed by atoms with Gasteiger partial charge in [-0.2, -0.15) is 0 Å². The number of hydrogen-bond donors (Lipinski definition) is 0. The molecule has 1 aromatic carbocycles. The smallest absolute Gasteiger partial charge is 0.283 e. The topological polar surface area (TPSA) is 60.2 Å². The van der Waals surface area contributed by atoms with E-state index in [1.54, 1.807) is 13.0 Å². The van der Waals surface area contributed by atoms with Crippen LogP contribution in [0.25, 0.3) is 0 Å². The first-order valence-electron chi connectivity index (χ1n) is 5.27. The molecule has 0 saturated heterocycles. The molecule has 2 atom stereocenters. The minimum Gasteiger partial charge on any atom is -0.294 e. The molecule has 1 aliphatic rings. The fraction of sp³-hybridized carbons (Fsp3) is 0.417. The molecule has 2 unspecified atom stereocenters. The third-order valence-corrected chi connectivity index (χ3v) is 3.49. The average Bonchev–Trinajstić information content (AvgIpc) is 2.43. The molecular weight excluding hydrogens is 206 g/mol. The Morgan fingerprint density at radius 3 is 2.44 bits per heavy atom. The zero-order chi connectivity index (χ0) is 12.0. The molecule has 0 bridgehead atoms. The van der Waals surface area contributed by atoms with Gasteiger partial charge in [0.1, 0.15) is 0 Å². The predicted molar refractivity (Wildman–Crippen MR) is 59.7 cm³/mol. The largest absolute Gasteiger partial charge is 0.294 e. The number of nitro benzene ring substituents is 1. The molecule has 4 heteroatoms. The quantitative estimate of drug-likeness (QED) is 0.539. The lowest BCUT2D eigenvalue weighted by molar-refractivity contribution is -0.385. The minimum absolute atomic E-state index is 0.0151. The Morgan fingerprint density at radius 1 is 1.25 bits per heavy atom. The van der Waals surface area contributed by atoms with Crippen molar-refractivity contribution in [3.05, 3.63) is 38.9 Å². The van der Waals surface area contributed by atoms with Gasteiger partial charge in [0, 0.05) is 11.5 Å². The first kappa shape index (κ1) is 10.8. The van der Waals surface area contributed by atoms with Gasteiger partial charge in [0.05, 0.1) is 10.5 Å². The number of benzene rings is 1. The summed E-state index contributed by atoms with van der Waals surface area (Å²) in [4.78, 5) is 22.5. The molecule has 2 rings (SSSR count). The second-order valence-electron chi connectivity index (χ2n) is 4.39. The molecule has 1 aromatic rings. The van der Waals surface area contributed by atoms with Crippen molar-refractivity contribution in [2.45, 2.75) is 26.7 Å². The van der Waals surface area contributed by atoms with E-state index >= 15 is 0 Å². The molecule has 0 heterocycles. The highest BCUT2D eigenvalue weighted by molar-refractivity contribution is 6.06. The molecule has 84 valence electrons. The Labute approximate surface area is 93.4 Å². The van der Waals surface area contributed by atoms with Gasteiger partial charge in [0.15, 0.2) is 5.78 Å². The maximum atomic E-state index is 12.0. The van der Waals surface area contributed by atoms with Crippen molar-refractivity contribution in [3.63, 3.8) is 0 Å². The van der Waals surface area contributed by atoms with E-state index in [-0.39, 0.29) is 23.3 Å². The van der Waals surface area contributed by atoms with Crippen LogP contribution in [0.15, 0.2) is 12.1 Å². The van der Waals surface area contributed by atoms with Crippen molar-refractivity contribution in [2.75, 3.05) is 0 Å². The Kier molecular flexibility index (Phi) is 2.30. The highest BCUT2D eigenvalue weighted by Gasteiger charge is 2.39. The number of Topliss-reactive ketones (excluding diaryl/α,β-unsaturated/α-hetero) is 1. The van der Waals surface area contributed by atoms with Gasteiger partial charge in [-0.05, 0) is 18.4 Å². The van der Waals surface area contributed by atoms with Gasteiger partial charge in [0.25, 0.3) is 5.69 Å². The number of aryl methyl sites for hydroxylation is 1. The van der Waals surface area contributed by atoms with Gasteiger partial charge in [-0.3, -0.25) is 14.9 Å². The maximum Gasteiger partial charge on any atom is 0.283 e. The predicted octanol–water partition coefficient (Wildman–Crippen LogP) is 2.84. The highest BCUT2D eigenvalue weighted by Crippen LogP contribution is 2.42. The normalized spacial score (nSPS) is 23.3. The standard InChI is InChI=1S/C12H13NO3/c1-6-4-5-9-7(2)8(3)12(14)10(9)11(6)13(15)16/h4-5,7-8H,1-3H3. The third kappa shape index (κ3) is 1.26. The van der Waals surface area contributed by atoms with Crippen LogP contribution in [0.3, 0.4) is 0 Å². The van der Waals surface area contributed by atoms with Gasteiger partial charge in [0.2, 0.25) is 0 Å². The van der Waals surface area contributed by atoms with E-state index in [2.05, 4.69) is 0 Å². The van der Waals surface area contributed by atoms with Crippen molar-refractivity contribution in [3.8, 4) is 0 Å². The van der Waals surface area contributed by atoms with E-state index in [1.165, 1.54) is 0 Å². The third-order valence-electron chi connectivity index (χ3n) is 3.49. The average molecular weight is 219 g/mol. The van der Waals surface area contributed by atoms with E-state index in [4.69, 9.17) is 0 Å². The SMILES string of the molecule is Cc1ccc2c(c1[N+](=O)[O-])C(=O)C(C)C2C. The lowest BCUT2D eigenvalue weighted by atomic mass is 9.96. The Morgan fingerprint density at radius 2 is 1.88 bits per heavy atom. The summed E-state index contributed by atoms with van der Waals surface area (Å²) in [6.07, 6.45) is 0. The summed E-state index contributed by atoms with van der Waals surface area (Å²) in [6.45, 7) is 5.43. The fourth-order valence-electron chi connectivity index (χ4n) is 2.31. The molecular formula is C12H13NO3. The molecule has 0 saturated carbocycles. The second kappa shape index (κ2) is 3.40. The molecule has 0 aliphatic heterocycles. The zero-order valence-corrected chi connectivity index (χ0v) is 9.48. The van der Waals surface area contributed by atoms with E-state index in [0.29, 0.717) is 11.1 Å². The van der Waals surface area contributed by atoms with Crippen LogP contribution >= 0.6 is 0 Å². The monoisotopic (exact) mass is 219 g/mol. The summed E-state index contributed by atoms with van der Waals surface area (Å²) in [7, 11) is 0. The summed E-state index contributed by atoms with van der Waals surface area (Å²) < 4.78 is 0. The van der Waals surface area contributed by atoms with Crippen molar-refractivity contribution >= 4 is 11.5 Å². The van der Waals surface area contributed by atoms with Crippen LogP contribution in [0.1, 0.15) is 41.3 Å². The van der Waals surface area contributed by atoms with Crippen LogP contribution in [0, 0.1) is 23.0 Å². The van der Waals surface area contributed by atoms with Crippen LogP contribution in [0.5, 0.6) is 0 Å². The summed E-state index contributed by atoms with van der Waals surface area (Å²) >= 11 is 0. The Bertz CT molecular complexity index is 493. The van der Waals surface area contributed by atoms with Gasteiger partial charge in [-0.15, -0.1) is 0 Å². The molecule has 0 fully saturated rings. The summed E-state index contributed by atoms with van der Waals surface area (Å²) in [5.41, 5.74) is 1.68. The fourth-order valence-corrected chi connectivity index (χ4v) is 2.31. The Hall–Kier alpha value is -1.71. The van der Waals surface area contributed by atoms with Crippen LogP contribution in [-0.4, -0.2) is 10.7 Å². The van der Waals surface area contributed by atoms with Gasteiger partial charge in [-0.25, -0.2) is 0 Å². The molecule has 1 aliphatic carbocycles. The minimum atomic E-state index is -0.448. The van der Waals surface area contributed by atoms with Gasteiger partial charge in [-0.1, -0.05) is 26.0 Å². The van der Waals surface area contributed by atoms with Gasteiger partial charge >= 0.3 is 0 Å². The molecule has 0 spiro atoms. The summed E-state index contributed by atoms with van der Waals surface area (Å²) in [6, 6.07) is 3.56. The Balaban J connectivity index is 2.76. The number of nitro groups is 1. The molecule has 16 heavy (non-hydrogen) atoms. The van der Waals surface area contributed by atoms with Gasteiger partial charge < -0.3 is 0 Å². The van der Waals surface area contributed by atoms with Crippen molar-refractivity contribution in [1.82, 2.24) is 0 Å².